The highest BCUT2D eigenvalue weighted by Crippen LogP contribution is 1.79. The summed E-state index contributed by atoms with van der Waals surface area (Å²) in [5.74, 6) is -1.98. The lowest BCUT2D eigenvalue weighted by Crippen LogP contribution is -2.47. The van der Waals surface area contributed by atoms with Gasteiger partial charge in [0, 0.05) is 13.1 Å². The smallest absolute Gasteiger partial charge is 0.330 e. The number of carbonyl (C=O) groups is 2. The Labute approximate surface area is 76.7 Å². The van der Waals surface area contributed by atoms with Crippen molar-refractivity contribution in [2.24, 2.45) is 5.73 Å². The predicted molar refractivity (Wildman–Crippen MR) is 47.2 cm³/mol. The van der Waals surface area contributed by atoms with Gasteiger partial charge in [0.1, 0.15) is 0 Å². The molecule has 0 rings (SSSR count). The van der Waals surface area contributed by atoms with Gasteiger partial charge in [-0.2, -0.15) is 0 Å². The molecule has 0 saturated heterocycles. The minimum Gasteiger partial charge on any atom is -0.480 e. The van der Waals surface area contributed by atoms with E-state index in [1.165, 1.54) is 0 Å². The van der Waals surface area contributed by atoms with E-state index in [2.05, 4.69) is 5.32 Å². The summed E-state index contributed by atoms with van der Waals surface area (Å²) in [6.07, 6.45) is 0. The molecule has 1 amide bonds. The van der Waals surface area contributed by atoms with Gasteiger partial charge in [0.25, 0.3) is 0 Å². The zero-order valence-electron chi connectivity index (χ0n) is 7.78. The van der Waals surface area contributed by atoms with Crippen LogP contribution in [0.5, 0.6) is 0 Å². The fourth-order valence-electron chi connectivity index (χ4n) is 0.625. The maximum Gasteiger partial charge on any atom is 0.330 e. The molecule has 0 spiro atoms. The molecule has 0 fully saturated rings. The van der Waals surface area contributed by atoms with Crippen LogP contribution in [-0.4, -0.2) is 55.1 Å². The molecule has 4 N–H and O–H groups in total. The second-order valence-electron chi connectivity index (χ2n) is 2.91. The summed E-state index contributed by atoms with van der Waals surface area (Å²) in [6.45, 7) is 1.05. The van der Waals surface area contributed by atoms with Crippen molar-refractivity contribution in [3.05, 3.63) is 0 Å². The van der Waals surface area contributed by atoms with E-state index in [-0.39, 0.29) is 0 Å². The third-order valence-electron chi connectivity index (χ3n) is 1.41. The number of carboxylic acids is 1. The summed E-state index contributed by atoms with van der Waals surface area (Å²) in [7, 11) is 3.70. The van der Waals surface area contributed by atoms with E-state index < -0.39 is 17.9 Å². The summed E-state index contributed by atoms with van der Waals surface area (Å²) in [5, 5.41) is 10.8. The molecule has 0 aromatic carbocycles. The first-order valence-electron chi connectivity index (χ1n) is 3.86. The Kier molecular flexibility index (Phi) is 5.01. The largest absolute Gasteiger partial charge is 0.480 e. The van der Waals surface area contributed by atoms with Crippen LogP contribution in [0, 0.1) is 0 Å². The predicted octanol–water partition coefficient (Wildman–Crippen LogP) is -1.92. The molecule has 76 valence electrons. The number of hydrogen-bond acceptors (Lipinski definition) is 4. The number of likely N-dealkylation sites (N-methyl/N-ethyl adjacent to an activating group) is 1. The average Bonchev–Trinajstić information content (AvgIpc) is 2.02. The van der Waals surface area contributed by atoms with Crippen molar-refractivity contribution in [1.82, 2.24) is 10.2 Å². The molecule has 1 unspecified atom stereocenters. The van der Waals surface area contributed by atoms with Crippen LogP contribution in [-0.2, 0) is 9.59 Å². The van der Waals surface area contributed by atoms with Crippen molar-refractivity contribution in [3.63, 3.8) is 0 Å². The van der Waals surface area contributed by atoms with E-state index in [4.69, 9.17) is 10.8 Å². The fraction of sp³-hybridized carbons (Fsp3) is 0.714. The van der Waals surface area contributed by atoms with Crippen LogP contribution in [0.1, 0.15) is 0 Å². The normalized spacial score (nSPS) is 12.6. The van der Waals surface area contributed by atoms with Crippen LogP contribution in [0.4, 0.5) is 0 Å². The molecule has 6 nitrogen and oxygen atoms in total. The number of nitrogens with zero attached hydrogens (tertiary/aromatic N) is 1. The zero-order chi connectivity index (χ0) is 10.4. The van der Waals surface area contributed by atoms with Crippen molar-refractivity contribution in [1.29, 1.82) is 0 Å². The van der Waals surface area contributed by atoms with Gasteiger partial charge in [-0.1, -0.05) is 0 Å². The lowest BCUT2D eigenvalue weighted by atomic mass is 10.3. The Morgan fingerprint density at radius 1 is 1.54 bits per heavy atom. The molecule has 1 atom stereocenters. The topological polar surface area (TPSA) is 95.7 Å². The zero-order valence-corrected chi connectivity index (χ0v) is 7.78. The van der Waals surface area contributed by atoms with Crippen molar-refractivity contribution in [2.45, 2.75) is 6.04 Å². The first-order chi connectivity index (χ1) is 5.95. The number of aliphatic carboxylic acids is 1. The number of carboxylic acid groups (broad SMARTS) is 1. The molecule has 0 aliphatic carbocycles. The van der Waals surface area contributed by atoms with Crippen molar-refractivity contribution < 1.29 is 14.7 Å². The van der Waals surface area contributed by atoms with E-state index >= 15 is 0 Å². The van der Waals surface area contributed by atoms with Crippen LogP contribution < -0.4 is 11.1 Å². The summed E-state index contributed by atoms with van der Waals surface area (Å²) in [5.41, 5.74) is 5.05. The third-order valence-corrected chi connectivity index (χ3v) is 1.41. The molecular formula is C7H15N3O3. The minimum absolute atomic E-state index is 0.396. The van der Waals surface area contributed by atoms with E-state index in [1.807, 2.05) is 19.0 Å². The van der Waals surface area contributed by atoms with Gasteiger partial charge in [0.2, 0.25) is 5.91 Å². The number of rotatable bonds is 5. The van der Waals surface area contributed by atoms with Gasteiger partial charge in [-0.3, -0.25) is 4.79 Å². The van der Waals surface area contributed by atoms with Crippen molar-refractivity contribution >= 4 is 11.9 Å². The summed E-state index contributed by atoms with van der Waals surface area (Å²) in [4.78, 5) is 23.0. The summed E-state index contributed by atoms with van der Waals surface area (Å²) >= 11 is 0. The highest BCUT2D eigenvalue weighted by molar-refractivity contribution is 6.00. The van der Waals surface area contributed by atoms with Gasteiger partial charge in [-0.15, -0.1) is 0 Å². The Morgan fingerprint density at radius 3 is 2.46 bits per heavy atom. The van der Waals surface area contributed by atoms with Gasteiger partial charge in [-0.25, -0.2) is 4.79 Å². The standard InChI is InChI=1S/C7H15N3O3/c1-10(2)4-3-9-6(11)5(8)7(12)13/h5H,3-4,8H2,1-2H3,(H,9,11)(H,12,13). The van der Waals surface area contributed by atoms with Crippen LogP contribution >= 0.6 is 0 Å². The van der Waals surface area contributed by atoms with Gasteiger partial charge >= 0.3 is 5.97 Å². The van der Waals surface area contributed by atoms with E-state index in [9.17, 15) is 9.59 Å². The summed E-state index contributed by atoms with van der Waals surface area (Å²) < 4.78 is 0. The second-order valence-corrected chi connectivity index (χ2v) is 2.91. The maximum absolute atomic E-state index is 10.9. The molecule has 0 bridgehead atoms. The van der Waals surface area contributed by atoms with Crippen LogP contribution in [0.15, 0.2) is 0 Å². The lowest BCUT2D eigenvalue weighted by Gasteiger charge is -2.11. The highest BCUT2D eigenvalue weighted by Gasteiger charge is 2.20. The maximum atomic E-state index is 10.9. The Hall–Kier alpha value is -1.14. The monoisotopic (exact) mass is 189 g/mol. The van der Waals surface area contributed by atoms with E-state index in [1.54, 1.807) is 0 Å². The molecule has 0 aromatic rings. The third kappa shape index (κ3) is 5.15. The molecule has 0 heterocycles. The van der Waals surface area contributed by atoms with E-state index in [0.717, 1.165) is 0 Å². The average molecular weight is 189 g/mol. The van der Waals surface area contributed by atoms with E-state index in [0.29, 0.717) is 13.1 Å². The number of hydrogen-bond donors (Lipinski definition) is 3. The lowest BCUT2D eigenvalue weighted by molar-refractivity contribution is -0.142. The van der Waals surface area contributed by atoms with Crippen molar-refractivity contribution in [3.8, 4) is 0 Å². The van der Waals surface area contributed by atoms with Crippen LogP contribution in [0.3, 0.4) is 0 Å². The van der Waals surface area contributed by atoms with Crippen LogP contribution in [0.2, 0.25) is 0 Å². The molecule has 0 radical (unpaired) electrons. The van der Waals surface area contributed by atoms with Crippen molar-refractivity contribution in [2.75, 3.05) is 27.2 Å². The molecule has 6 heteroatoms. The molecule has 0 aromatic heterocycles. The Morgan fingerprint density at radius 2 is 2.08 bits per heavy atom. The SMILES string of the molecule is CN(C)CCNC(=O)C(N)C(=O)O. The number of nitrogens with one attached hydrogen (secondary N) is 1. The highest BCUT2D eigenvalue weighted by atomic mass is 16.4. The summed E-state index contributed by atoms with van der Waals surface area (Å²) in [6, 6.07) is -1.47. The molecule has 0 saturated carbocycles. The Balaban J connectivity index is 3.69. The fourth-order valence-corrected chi connectivity index (χ4v) is 0.625. The minimum atomic E-state index is -1.47. The Bertz CT molecular complexity index is 193. The quantitative estimate of drug-likeness (QED) is 0.438. The first-order valence-corrected chi connectivity index (χ1v) is 3.86. The first kappa shape index (κ1) is 11.9. The van der Waals surface area contributed by atoms with Gasteiger partial charge < -0.3 is 21.1 Å². The van der Waals surface area contributed by atoms with Crippen LogP contribution in [0.25, 0.3) is 0 Å². The molecule has 0 aliphatic rings. The molecule has 13 heavy (non-hydrogen) atoms. The number of nitrogens with two attached hydrogens (primary N) is 1. The van der Waals surface area contributed by atoms with Gasteiger partial charge in [0.15, 0.2) is 6.04 Å². The second kappa shape index (κ2) is 5.50. The molecule has 0 aliphatic heterocycles. The van der Waals surface area contributed by atoms with Gasteiger partial charge in [0.05, 0.1) is 0 Å². The number of amides is 1. The number of carbonyl (C=O) groups excluding carboxylic acids is 1. The molecular weight excluding hydrogens is 174 g/mol. The van der Waals surface area contributed by atoms with Gasteiger partial charge in [-0.05, 0) is 14.1 Å².